The van der Waals surface area contributed by atoms with Crippen LogP contribution >= 0.6 is 0 Å². The van der Waals surface area contributed by atoms with Gasteiger partial charge in [0.1, 0.15) is 11.4 Å². The smallest absolute Gasteiger partial charge is 0.343 e. The number of nitrogens with zero attached hydrogens (tertiary/aromatic N) is 2. The molecule has 0 fully saturated rings. The highest BCUT2D eigenvalue weighted by molar-refractivity contribution is 5.92. The monoisotopic (exact) mass is 306 g/mol. The molecule has 2 aromatic rings. The van der Waals surface area contributed by atoms with Crippen molar-refractivity contribution in [2.45, 2.75) is 13.3 Å². The van der Waals surface area contributed by atoms with Crippen LogP contribution in [0.25, 0.3) is 0 Å². The number of carbonyl (C=O) groups is 1. The molecule has 1 N–H and O–H groups in total. The first-order valence-corrected chi connectivity index (χ1v) is 6.23. The van der Waals surface area contributed by atoms with E-state index in [-0.39, 0.29) is 11.6 Å². The summed E-state index contributed by atoms with van der Waals surface area (Å²) >= 11 is 0. The Morgan fingerprint density at radius 1 is 1.45 bits per heavy atom. The van der Waals surface area contributed by atoms with Gasteiger partial charge in [-0.3, -0.25) is 0 Å². The molecule has 5 nitrogen and oxygen atoms in total. The second-order valence-corrected chi connectivity index (χ2v) is 4.30. The minimum Gasteiger partial charge on any atom is -0.477 e. The van der Waals surface area contributed by atoms with Crippen molar-refractivity contribution >= 4 is 5.97 Å². The quantitative estimate of drug-likeness (QED) is 0.881. The fourth-order valence-electron chi connectivity index (χ4n) is 1.89. The Morgan fingerprint density at radius 2 is 2.18 bits per heavy atom. The molecule has 22 heavy (non-hydrogen) atoms. The summed E-state index contributed by atoms with van der Waals surface area (Å²) in [4.78, 5) is 11.2. The molecule has 1 aromatic carbocycles. The highest BCUT2D eigenvalue weighted by atomic mass is 19.3. The van der Waals surface area contributed by atoms with Gasteiger partial charge < -0.3 is 9.84 Å². The van der Waals surface area contributed by atoms with Crippen molar-refractivity contribution < 1.29 is 23.4 Å². The maximum absolute atomic E-state index is 12.9. The Balaban J connectivity index is 2.47. The standard InChI is InChI=1S/C15H12F2N2O3/c1-3-5-9-6-4-7-10(8-9)22-14-11(15(20)21)12(13(16)17)18-19(14)2/h4,6-8,13H,1-2H3,(H,20,21). The largest absolute Gasteiger partial charge is 0.477 e. The maximum atomic E-state index is 12.9. The second-order valence-electron chi connectivity index (χ2n) is 4.30. The number of halogens is 2. The van der Waals surface area contributed by atoms with Gasteiger partial charge >= 0.3 is 5.97 Å². The van der Waals surface area contributed by atoms with E-state index in [1.807, 2.05) is 0 Å². The lowest BCUT2D eigenvalue weighted by Crippen LogP contribution is -2.03. The van der Waals surface area contributed by atoms with Crippen LogP contribution in [0.5, 0.6) is 11.6 Å². The number of aryl methyl sites for hydroxylation is 1. The van der Waals surface area contributed by atoms with Crippen molar-refractivity contribution in [3.05, 3.63) is 41.1 Å². The SMILES string of the molecule is CC#Cc1cccc(Oc2c(C(=O)O)c(C(F)F)nn2C)c1. The van der Waals surface area contributed by atoms with Crippen LogP contribution in [-0.4, -0.2) is 20.9 Å². The topological polar surface area (TPSA) is 64.3 Å². The van der Waals surface area contributed by atoms with Crippen molar-refractivity contribution in [1.29, 1.82) is 0 Å². The first-order chi connectivity index (χ1) is 10.4. The summed E-state index contributed by atoms with van der Waals surface area (Å²) in [6.45, 7) is 1.67. The number of hydrogen-bond donors (Lipinski definition) is 1. The van der Waals surface area contributed by atoms with E-state index in [1.165, 1.54) is 7.05 Å². The predicted molar refractivity (Wildman–Crippen MR) is 74.2 cm³/mol. The molecular weight excluding hydrogens is 294 g/mol. The van der Waals surface area contributed by atoms with E-state index in [0.29, 0.717) is 5.56 Å². The number of carboxylic acid groups (broad SMARTS) is 1. The van der Waals surface area contributed by atoms with Crippen LogP contribution in [0, 0.1) is 11.8 Å². The second kappa shape index (κ2) is 6.26. The Labute approximate surface area is 125 Å². The molecule has 114 valence electrons. The number of rotatable bonds is 4. The van der Waals surface area contributed by atoms with Crippen LogP contribution in [0.1, 0.15) is 35.0 Å². The molecule has 0 spiro atoms. The third-order valence-electron chi connectivity index (χ3n) is 2.76. The average Bonchev–Trinajstić information content (AvgIpc) is 2.77. The van der Waals surface area contributed by atoms with E-state index in [9.17, 15) is 13.6 Å². The van der Waals surface area contributed by atoms with Crippen LogP contribution in [0.15, 0.2) is 24.3 Å². The molecule has 1 aromatic heterocycles. The highest BCUT2D eigenvalue weighted by Crippen LogP contribution is 2.32. The van der Waals surface area contributed by atoms with Gasteiger partial charge in [-0.15, -0.1) is 5.92 Å². The molecule has 0 saturated carbocycles. The molecule has 0 aliphatic heterocycles. The lowest BCUT2D eigenvalue weighted by molar-refractivity contribution is 0.0681. The van der Waals surface area contributed by atoms with Crippen LogP contribution in [0.4, 0.5) is 8.78 Å². The first kappa shape index (κ1) is 15.5. The van der Waals surface area contributed by atoms with E-state index < -0.39 is 23.7 Å². The Morgan fingerprint density at radius 3 is 2.77 bits per heavy atom. The maximum Gasteiger partial charge on any atom is 0.343 e. The Kier molecular flexibility index (Phi) is 4.41. The zero-order valence-electron chi connectivity index (χ0n) is 11.8. The lowest BCUT2D eigenvalue weighted by Gasteiger charge is -2.07. The van der Waals surface area contributed by atoms with Crippen LogP contribution in [-0.2, 0) is 7.05 Å². The van der Waals surface area contributed by atoms with Gasteiger partial charge in [0.15, 0.2) is 5.56 Å². The van der Waals surface area contributed by atoms with Crippen LogP contribution in [0.3, 0.4) is 0 Å². The number of benzene rings is 1. The van der Waals surface area contributed by atoms with Crippen molar-refractivity contribution in [3.63, 3.8) is 0 Å². The minimum absolute atomic E-state index is 0.260. The van der Waals surface area contributed by atoms with Crippen molar-refractivity contribution in [2.75, 3.05) is 0 Å². The minimum atomic E-state index is -3.01. The fourth-order valence-corrected chi connectivity index (χ4v) is 1.89. The Hall–Kier alpha value is -2.88. The van der Waals surface area contributed by atoms with E-state index in [1.54, 1.807) is 31.2 Å². The summed E-state index contributed by atoms with van der Waals surface area (Å²) in [5.41, 5.74) is -0.813. The molecule has 0 atom stereocenters. The van der Waals surface area contributed by atoms with Crippen molar-refractivity contribution in [1.82, 2.24) is 9.78 Å². The van der Waals surface area contributed by atoms with Gasteiger partial charge in [-0.2, -0.15) is 5.10 Å². The number of aromatic nitrogens is 2. The van der Waals surface area contributed by atoms with Crippen LogP contribution in [0.2, 0.25) is 0 Å². The first-order valence-electron chi connectivity index (χ1n) is 6.23. The molecule has 0 saturated heterocycles. The zero-order chi connectivity index (χ0) is 16.3. The number of ether oxygens (including phenoxy) is 1. The molecule has 0 radical (unpaired) electrons. The molecule has 2 rings (SSSR count). The molecule has 0 amide bonds. The van der Waals surface area contributed by atoms with Crippen molar-refractivity contribution in [2.24, 2.45) is 7.05 Å². The van der Waals surface area contributed by atoms with Gasteiger partial charge in [0, 0.05) is 12.6 Å². The normalized spacial score (nSPS) is 10.2. The van der Waals surface area contributed by atoms with Gasteiger partial charge in [0.2, 0.25) is 5.88 Å². The van der Waals surface area contributed by atoms with E-state index in [4.69, 9.17) is 9.84 Å². The van der Waals surface area contributed by atoms with Gasteiger partial charge in [-0.1, -0.05) is 12.0 Å². The molecule has 0 aliphatic rings. The number of alkyl halides is 2. The van der Waals surface area contributed by atoms with Gasteiger partial charge in [0.25, 0.3) is 6.43 Å². The summed E-state index contributed by atoms with van der Waals surface area (Å²) in [6.07, 6.45) is -3.01. The fraction of sp³-hybridized carbons (Fsp3) is 0.200. The van der Waals surface area contributed by atoms with Gasteiger partial charge in [-0.05, 0) is 25.1 Å². The predicted octanol–water partition coefficient (Wildman–Crippen LogP) is 3.22. The average molecular weight is 306 g/mol. The molecule has 1 heterocycles. The van der Waals surface area contributed by atoms with Crippen molar-refractivity contribution in [3.8, 4) is 23.5 Å². The molecule has 0 bridgehead atoms. The molecule has 0 unspecified atom stereocenters. The van der Waals surface area contributed by atoms with E-state index in [0.717, 1.165) is 4.68 Å². The summed E-state index contributed by atoms with van der Waals surface area (Å²) in [5.74, 6) is 4.04. The number of carboxylic acids is 1. The third-order valence-corrected chi connectivity index (χ3v) is 2.76. The Bertz CT molecular complexity index is 773. The zero-order valence-corrected chi connectivity index (χ0v) is 11.8. The third kappa shape index (κ3) is 3.06. The molecule has 0 aliphatic carbocycles. The van der Waals surface area contributed by atoms with Gasteiger partial charge in [0.05, 0.1) is 0 Å². The molecular formula is C15H12F2N2O3. The summed E-state index contributed by atoms with van der Waals surface area (Å²) < 4.78 is 32.2. The molecule has 7 heteroatoms. The van der Waals surface area contributed by atoms with E-state index >= 15 is 0 Å². The summed E-state index contributed by atoms with van der Waals surface area (Å²) in [6, 6.07) is 6.56. The van der Waals surface area contributed by atoms with Gasteiger partial charge in [-0.25, -0.2) is 18.3 Å². The highest BCUT2D eigenvalue weighted by Gasteiger charge is 2.29. The summed E-state index contributed by atoms with van der Waals surface area (Å²) in [5, 5.41) is 12.7. The summed E-state index contributed by atoms with van der Waals surface area (Å²) in [7, 11) is 1.34. The number of aromatic carboxylic acids is 1. The number of hydrogen-bond acceptors (Lipinski definition) is 3. The lowest BCUT2D eigenvalue weighted by atomic mass is 10.2. The van der Waals surface area contributed by atoms with E-state index in [2.05, 4.69) is 16.9 Å². The van der Waals surface area contributed by atoms with Crippen LogP contribution < -0.4 is 4.74 Å².